The summed E-state index contributed by atoms with van der Waals surface area (Å²) >= 11 is 0. The van der Waals surface area contributed by atoms with Crippen LogP contribution in [0.2, 0.25) is 0 Å². The van der Waals surface area contributed by atoms with Crippen molar-refractivity contribution < 1.29 is 0 Å². The molecule has 1 heteroatoms. The quantitative estimate of drug-likeness (QED) is 0.571. The second kappa shape index (κ2) is 7.28. The van der Waals surface area contributed by atoms with Gasteiger partial charge < -0.3 is 4.90 Å². The second-order valence-electron chi connectivity index (χ2n) is 3.97. The van der Waals surface area contributed by atoms with E-state index in [1.54, 1.807) is 0 Å². The lowest BCUT2D eigenvalue weighted by molar-refractivity contribution is 0.0184. The third-order valence-corrected chi connectivity index (χ3v) is 3.64. The molecule has 0 aromatic carbocycles. The molecule has 1 unspecified atom stereocenters. The fraction of sp³-hybridized carbons (Fsp3) is 1.00. The van der Waals surface area contributed by atoms with Gasteiger partial charge in [0.25, 0.3) is 0 Å². The van der Waals surface area contributed by atoms with Crippen molar-refractivity contribution >= 4 is 0 Å². The van der Waals surface area contributed by atoms with E-state index in [9.17, 15) is 0 Å². The SMILES string of the molecule is CC.CC.CC1C2CCC(CC2)N1C. The molecule has 3 fully saturated rings. The number of nitrogens with zero attached hydrogens (tertiary/aromatic N) is 1. The van der Waals surface area contributed by atoms with Gasteiger partial charge in [-0.2, -0.15) is 0 Å². The van der Waals surface area contributed by atoms with E-state index in [1.807, 2.05) is 27.7 Å². The van der Waals surface area contributed by atoms with Gasteiger partial charge in [-0.15, -0.1) is 0 Å². The maximum atomic E-state index is 2.58. The number of piperidine rings is 2. The normalized spacial score (nSPS) is 35.1. The van der Waals surface area contributed by atoms with E-state index in [4.69, 9.17) is 0 Å². The van der Waals surface area contributed by atoms with E-state index in [0.29, 0.717) is 0 Å². The molecule has 1 saturated carbocycles. The van der Waals surface area contributed by atoms with Crippen LogP contribution in [0, 0.1) is 5.92 Å². The summed E-state index contributed by atoms with van der Waals surface area (Å²) in [6.45, 7) is 10.4. The van der Waals surface area contributed by atoms with E-state index in [2.05, 4.69) is 18.9 Å². The molecule has 0 amide bonds. The van der Waals surface area contributed by atoms with Crippen LogP contribution in [0.4, 0.5) is 0 Å². The van der Waals surface area contributed by atoms with Gasteiger partial charge in [-0.25, -0.2) is 0 Å². The maximum absolute atomic E-state index is 2.58. The molecule has 0 aromatic rings. The lowest BCUT2D eigenvalue weighted by atomic mass is 9.76. The highest BCUT2D eigenvalue weighted by Gasteiger charge is 2.36. The molecule has 0 N–H and O–H groups in total. The Hall–Kier alpha value is -0.0400. The van der Waals surface area contributed by atoms with Crippen LogP contribution < -0.4 is 0 Å². The van der Waals surface area contributed by atoms with Crippen molar-refractivity contribution in [1.29, 1.82) is 0 Å². The predicted octanol–water partition coefficient (Wildman–Crippen LogP) is 3.93. The number of hydrogen-bond acceptors (Lipinski definition) is 1. The molecule has 0 aromatic heterocycles. The van der Waals surface area contributed by atoms with Gasteiger partial charge in [0.1, 0.15) is 0 Å². The molecule has 2 heterocycles. The molecule has 3 aliphatic rings. The first-order valence-electron chi connectivity index (χ1n) is 6.51. The third kappa shape index (κ3) is 2.98. The Morgan fingerprint density at radius 3 is 1.50 bits per heavy atom. The zero-order valence-corrected chi connectivity index (χ0v) is 11.0. The van der Waals surface area contributed by atoms with Crippen LogP contribution in [0.3, 0.4) is 0 Å². The van der Waals surface area contributed by atoms with Crippen LogP contribution in [0.15, 0.2) is 0 Å². The first-order chi connectivity index (χ1) is 6.79. The second-order valence-corrected chi connectivity index (χ2v) is 3.97. The average Bonchev–Trinajstić information content (AvgIpc) is 2.31. The largest absolute Gasteiger partial charge is 0.300 e. The van der Waals surface area contributed by atoms with Crippen molar-refractivity contribution in [3.63, 3.8) is 0 Å². The van der Waals surface area contributed by atoms with Crippen molar-refractivity contribution in [3.05, 3.63) is 0 Å². The van der Waals surface area contributed by atoms with Gasteiger partial charge in [0.05, 0.1) is 0 Å². The highest BCUT2D eigenvalue weighted by atomic mass is 15.2. The van der Waals surface area contributed by atoms with Crippen LogP contribution in [0.25, 0.3) is 0 Å². The smallest absolute Gasteiger partial charge is 0.00953 e. The van der Waals surface area contributed by atoms with Crippen LogP contribution in [-0.4, -0.2) is 24.0 Å². The highest BCUT2D eigenvalue weighted by Crippen LogP contribution is 2.37. The van der Waals surface area contributed by atoms with E-state index in [0.717, 1.165) is 18.0 Å². The number of fused-ring (bicyclic) bond motifs is 3. The summed E-state index contributed by atoms with van der Waals surface area (Å²) in [5, 5.41) is 0. The maximum Gasteiger partial charge on any atom is 0.00953 e. The molecule has 0 radical (unpaired) electrons. The van der Waals surface area contributed by atoms with E-state index < -0.39 is 0 Å². The van der Waals surface area contributed by atoms with Crippen LogP contribution in [0.5, 0.6) is 0 Å². The molecular weight excluding hydrogens is 170 g/mol. The van der Waals surface area contributed by atoms with Crippen molar-refractivity contribution in [2.24, 2.45) is 5.92 Å². The molecular formula is C13H29N. The van der Waals surface area contributed by atoms with E-state index >= 15 is 0 Å². The Bertz CT molecular complexity index is 105. The molecule has 3 rings (SSSR count). The fourth-order valence-corrected chi connectivity index (χ4v) is 2.66. The summed E-state index contributed by atoms with van der Waals surface area (Å²) in [6, 6.07) is 1.80. The lowest BCUT2D eigenvalue weighted by Crippen LogP contribution is -2.51. The minimum absolute atomic E-state index is 0.868. The molecule has 2 aliphatic heterocycles. The molecule has 1 aliphatic carbocycles. The monoisotopic (exact) mass is 199 g/mol. The van der Waals surface area contributed by atoms with Gasteiger partial charge >= 0.3 is 0 Å². The molecule has 14 heavy (non-hydrogen) atoms. The van der Waals surface area contributed by atoms with Crippen molar-refractivity contribution in [3.8, 4) is 0 Å². The van der Waals surface area contributed by atoms with Crippen LogP contribution in [0.1, 0.15) is 60.3 Å². The van der Waals surface area contributed by atoms with Gasteiger partial charge in [0.15, 0.2) is 0 Å². The zero-order valence-electron chi connectivity index (χ0n) is 11.0. The minimum Gasteiger partial charge on any atom is -0.300 e. The number of rotatable bonds is 0. The van der Waals surface area contributed by atoms with Gasteiger partial charge in [0, 0.05) is 12.1 Å². The minimum atomic E-state index is 0.868. The summed E-state index contributed by atoms with van der Waals surface area (Å²) in [5.41, 5.74) is 0. The fourth-order valence-electron chi connectivity index (χ4n) is 2.66. The Balaban J connectivity index is 0.000000379. The predicted molar refractivity (Wildman–Crippen MR) is 65.7 cm³/mol. The standard InChI is InChI=1S/C9H17N.2C2H6/c1-7-8-3-5-9(6-4-8)10(7)2;2*1-2/h7-9H,3-6H2,1-2H3;2*1-2H3. The van der Waals surface area contributed by atoms with Crippen LogP contribution >= 0.6 is 0 Å². The average molecular weight is 199 g/mol. The van der Waals surface area contributed by atoms with Gasteiger partial charge in [-0.3, -0.25) is 0 Å². The Labute approximate surface area is 90.9 Å². The van der Waals surface area contributed by atoms with Gasteiger partial charge in [-0.05, 0) is 45.6 Å². The molecule has 0 spiro atoms. The zero-order chi connectivity index (χ0) is 11.1. The molecule has 86 valence electrons. The summed E-state index contributed by atoms with van der Waals surface area (Å²) in [5.74, 6) is 1.02. The van der Waals surface area contributed by atoms with Crippen LogP contribution in [-0.2, 0) is 0 Å². The van der Waals surface area contributed by atoms with Crippen molar-refractivity contribution in [1.82, 2.24) is 4.90 Å². The number of hydrogen-bond donors (Lipinski definition) is 0. The summed E-state index contributed by atoms with van der Waals surface area (Å²) in [7, 11) is 2.29. The molecule has 1 atom stereocenters. The first-order valence-corrected chi connectivity index (χ1v) is 6.51. The lowest BCUT2D eigenvalue weighted by Gasteiger charge is -2.48. The summed E-state index contributed by atoms with van der Waals surface area (Å²) < 4.78 is 0. The molecule has 2 bridgehead atoms. The van der Waals surface area contributed by atoms with E-state index in [1.165, 1.54) is 25.7 Å². The Morgan fingerprint density at radius 1 is 0.857 bits per heavy atom. The van der Waals surface area contributed by atoms with Crippen molar-refractivity contribution in [2.45, 2.75) is 72.4 Å². The Morgan fingerprint density at radius 2 is 1.29 bits per heavy atom. The highest BCUT2D eigenvalue weighted by molar-refractivity contribution is 4.91. The first kappa shape index (κ1) is 14.0. The van der Waals surface area contributed by atoms with E-state index in [-0.39, 0.29) is 0 Å². The molecule has 2 saturated heterocycles. The summed E-state index contributed by atoms with van der Waals surface area (Å²) in [4.78, 5) is 2.58. The third-order valence-electron chi connectivity index (χ3n) is 3.64. The van der Waals surface area contributed by atoms with Gasteiger partial charge in [0.2, 0.25) is 0 Å². The molecule has 1 nitrogen and oxygen atoms in total. The summed E-state index contributed by atoms with van der Waals surface area (Å²) in [6.07, 6.45) is 5.92. The topological polar surface area (TPSA) is 3.24 Å². The Kier molecular flexibility index (Phi) is 7.26. The van der Waals surface area contributed by atoms with Crippen molar-refractivity contribution in [2.75, 3.05) is 7.05 Å². The van der Waals surface area contributed by atoms with Gasteiger partial charge in [-0.1, -0.05) is 27.7 Å².